The molecule has 0 saturated heterocycles. The second-order valence-electron chi connectivity index (χ2n) is 4.37. The molecule has 0 bridgehead atoms. The molecule has 0 aliphatic heterocycles. The van der Waals surface area contributed by atoms with Gasteiger partial charge in [0.15, 0.2) is 0 Å². The van der Waals surface area contributed by atoms with E-state index in [-0.39, 0.29) is 20.1 Å². The molecule has 2 rings (SSSR count). The Kier molecular flexibility index (Phi) is 5.02. The molecule has 0 aliphatic carbocycles. The molecule has 0 unspecified atom stereocenters. The Morgan fingerprint density at radius 3 is 1.50 bits per heavy atom. The number of non-ortho nitro benzene ring substituents is 1. The molecule has 0 heterocycles. The Labute approximate surface area is 151 Å². The maximum atomic E-state index is 11.3. The van der Waals surface area contributed by atoms with Gasteiger partial charge in [0, 0.05) is 34.3 Å². The molecule has 0 fully saturated rings. The van der Waals surface area contributed by atoms with Crippen molar-refractivity contribution >= 4 is 56.2 Å². The molecule has 0 saturated carbocycles. The van der Waals surface area contributed by atoms with E-state index in [2.05, 4.69) is 15.9 Å². The van der Waals surface area contributed by atoms with Gasteiger partial charge in [-0.3, -0.25) is 30.3 Å². The molecule has 24 heavy (non-hydrogen) atoms. The predicted octanol–water partition coefficient (Wildman–Crippen LogP) is 5.15. The second-order valence-corrected chi connectivity index (χ2v) is 6.10. The summed E-state index contributed by atoms with van der Waals surface area (Å²) in [6.45, 7) is 0. The summed E-state index contributed by atoms with van der Waals surface area (Å²) in [7, 11) is 0. The van der Waals surface area contributed by atoms with Gasteiger partial charge in [-0.1, -0.05) is 39.1 Å². The average Bonchev–Trinajstić information content (AvgIpc) is 2.46. The molecule has 0 spiro atoms. The Hall–Kier alpha value is -2.30. The molecule has 0 radical (unpaired) electrons. The zero-order valence-corrected chi connectivity index (χ0v) is 14.3. The van der Waals surface area contributed by atoms with Gasteiger partial charge in [0.1, 0.15) is 5.56 Å². The van der Waals surface area contributed by atoms with Crippen LogP contribution in [0.3, 0.4) is 0 Å². The zero-order chi connectivity index (χ0) is 18.2. The van der Waals surface area contributed by atoms with Gasteiger partial charge in [0.05, 0.1) is 24.8 Å². The van der Waals surface area contributed by atoms with E-state index in [1.807, 2.05) is 0 Å². The Bertz CT molecular complexity index is 846. The maximum Gasteiger partial charge on any atom is 0.285 e. The van der Waals surface area contributed by atoms with E-state index in [1.54, 1.807) is 0 Å². The minimum absolute atomic E-state index is 0.110. The van der Waals surface area contributed by atoms with Crippen molar-refractivity contribution in [2.45, 2.75) is 0 Å². The van der Waals surface area contributed by atoms with Gasteiger partial charge < -0.3 is 0 Å². The average molecular weight is 437 g/mol. The van der Waals surface area contributed by atoms with Crippen molar-refractivity contribution < 1.29 is 14.8 Å². The first-order valence-electron chi connectivity index (χ1n) is 5.89. The lowest BCUT2D eigenvalue weighted by atomic mass is 10.0. The normalized spacial score (nSPS) is 10.5. The van der Waals surface area contributed by atoms with E-state index in [9.17, 15) is 30.3 Å². The molecule has 0 atom stereocenters. The standard InChI is InChI=1S/C12H4BrCl2N3O6/c13-5-1-9(17(21)22)12(10(2-5)18(23)24)11-7(14)3-6(16(19)20)4-8(11)15/h1-4H. The largest absolute Gasteiger partial charge is 0.285 e. The molecule has 2 aromatic rings. The molecule has 124 valence electrons. The van der Waals surface area contributed by atoms with E-state index >= 15 is 0 Å². The fraction of sp³-hybridized carbons (Fsp3) is 0. The van der Waals surface area contributed by atoms with Crippen LogP contribution in [0.15, 0.2) is 28.7 Å². The van der Waals surface area contributed by atoms with E-state index in [1.165, 1.54) is 0 Å². The summed E-state index contributed by atoms with van der Waals surface area (Å²) in [5, 5.41) is 32.8. The third-order valence-electron chi connectivity index (χ3n) is 2.94. The molecule has 0 aliphatic rings. The summed E-state index contributed by atoms with van der Waals surface area (Å²) in [4.78, 5) is 31.0. The first-order chi connectivity index (χ1) is 11.1. The minimum Gasteiger partial charge on any atom is -0.258 e. The molecule has 2 aromatic carbocycles. The highest BCUT2D eigenvalue weighted by molar-refractivity contribution is 9.10. The number of hydrogen-bond acceptors (Lipinski definition) is 6. The van der Waals surface area contributed by atoms with Crippen molar-refractivity contribution in [1.82, 2.24) is 0 Å². The molecular weight excluding hydrogens is 433 g/mol. The number of halogens is 3. The van der Waals surface area contributed by atoms with Crippen LogP contribution in [0.1, 0.15) is 0 Å². The number of hydrogen-bond donors (Lipinski definition) is 0. The van der Waals surface area contributed by atoms with Crippen LogP contribution in [0, 0.1) is 30.3 Å². The van der Waals surface area contributed by atoms with Gasteiger partial charge in [-0.05, 0) is 0 Å². The highest BCUT2D eigenvalue weighted by atomic mass is 79.9. The first kappa shape index (κ1) is 18.0. The number of nitro benzene ring substituents is 3. The van der Waals surface area contributed by atoms with Crippen molar-refractivity contribution in [2.75, 3.05) is 0 Å². The summed E-state index contributed by atoms with van der Waals surface area (Å²) in [6.07, 6.45) is 0. The number of nitro groups is 3. The van der Waals surface area contributed by atoms with Gasteiger partial charge in [0.25, 0.3) is 17.1 Å². The van der Waals surface area contributed by atoms with E-state index in [0.717, 1.165) is 24.3 Å². The Morgan fingerprint density at radius 1 is 0.750 bits per heavy atom. The van der Waals surface area contributed by atoms with Gasteiger partial charge in [-0.25, -0.2) is 0 Å². The molecule has 0 amide bonds. The van der Waals surface area contributed by atoms with Gasteiger partial charge in [-0.15, -0.1) is 0 Å². The lowest BCUT2D eigenvalue weighted by Crippen LogP contribution is -2.00. The monoisotopic (exact) mass is 435 g/mol. The topological polar surface area (TPSA) is 129 Å². The quantitative estimate of drug-likeness (QED) is 0.481. The van der Waals surface area contributed by atoms with Crippen LogP contribution in [-0.2, 0) is 0 Å². The van der Waals surface area contributed by atoms with Gasteiger partial charge in [-0.2, -0.15) is 0 Å². The fourth-order valence-corrected chi connectivity index (χ4v) is 3.12. The van der Waals surface area contributed by atoms with Crippen LogP contribution < -0.4 is 0 Å². The summed E-state index contributed by atoms with van der Waals surface area (Å²) in [5.41, 5.74) is -2.34. The Morgan fingerprint density at radius 2 is 1.17 bits per heavy atom. The molecular formula is C12H4BrCl2N3O6. The van der Waals surface area contributed by atoms with Crippen LogP contribution in [-0.4, -0.2) is 14.8 Å². The summed E-state index contributed by atoms with van der Waals surface area (Å²) < 4.78 is 0.110. The maximum absolute atomic E-state index is 11.3. The number of rotatable bonds is 4. The number of nitrogens with zero attached hydrogens (tertiary/aromatic N) is 3. The SMILES string of the molecule is O=[N+]([O-])c1cc(Cl)c(-c2c([N+](=O)[O-])cc(Br)cc2[N+](=O)[O-])c(Cl)c1. The molecule has 0 aromatic heterocycles. The van der Waals surface area contributed by atoms with Crippen LogP contribution in [0.5, 0.6) is 0 Å². The van der Waals surface area contributed by atoms with E-state index in [0.29, 0.717) is 0 Å². The zero-order valence-electron chi connectivity index (χ0n) is 11.2. The van der Waals surface area contributed by atoms with Gasteiger partial charge in [0.2, 0.25) is 0 Å². The van der Waals surface area contributed by atoms with Crippen LogP contribution >= 0.6 is 39.1 Å². The van der Waals surface area contributed by atoms with Crippen molar-refractivity contribution in [1.29, 1.82) is 0 Å². The third kappa shape index (κ3) is 3.30. The van der Waals surface area contributed by atoms with E-state index < -0.39 is 37.4 Å². The predicted molar refractivity (Wildman–Crippen MR) is 89.6 cm³/mol. The molecule has 0 N–H and O–H groups in total. The lowest BCUT2D eigenvalue weighted by molar-refractivity contribution is -0.392. The minimum atomic E-state index is -0.832. The van der Waals surface area contributed by atoms with Gasteiger partial charge >= 0.3 is 0 Å². The molecule has 12 heteroatoms. The molecule has 9 nitrogen and oxygen atoms in total. The van der Waals surface area contributed by atoms with Crippen molar-refractivity contribution in [3.63, 3.8) is 0 Å². The highest BCUT2D eigenvalue weighted by Crippen LogP contribution is 2.47. The first-order valence-corrected chi connectivity index (χ1v) is 7.44. The number of benzene rings is 2. The van der Waals surface area contributed by atoms with Crippen molar-refractivity contribution in [3.8, 4) is 11.1 Å². The second kappa shape index (κ2) is 6.67. The highest BCUT2D eigenvalue weighted by Gasteiger charge is 2.31. The van der Waals surface area contributed by atoms with Crippen molar-refractivity contribution in [2.24, 2.45) is 0 Å². The summed E-state index contributed by atoms with van der Waals surface area (Å²) in [5.74, 6) is 0. The lowest BCUT2D eigenvalue weighted by Gasteiger charge is -2.09. The summed E-state index contributed by atoms with van der Waals surface area (Å²) in [6, 6.07) is 3.93. The van der Waals surface area contributed by atoms with Crippen LogP contribution in [0.4, 0.5) is 17.1 Å². The van der Waals surface area contributed by atoms with Crippen LogP contribution in [0.2, 0.25) is 10.0 Å². The van der Waals surface area contributed by atoms with Crippen molar-refractivity contribution in [3.05, 3.63) is 69.1 Å². The fourth-order valence-electron chi connectivity index (χ4n) is 2.03. The van der Waals surface area contributed by atoms with E-state index in [4.69, 9.17) is 23.2 Å². The summed E-state index contributed by atoms with van der Waals surface area (Å²) >= 11 is 14.9. The van der Waals surface area contributed by atoms with Crippen LogP contribution in [0.25, 0.3) is 11.1 Å². The smallest absolute Gasteiger partial charge is 0.258 e. The third-order valence-corrected chi connectivity index (χ3v) is 4.00. The Balaban J connectivity index is 2.93.